The number of hydrogen-bond acceptors (Lipinski definition) is 3. The van der Waals surface area contributed by atoms with Gasteiger partial charge in [0.2, 0.25) is 0 Å². The molecular weight excluding hydrogens is 116 g/mol. The fourth-order valence-corrected chi connectivity index (χ4v) is 0.516. The highest BCUT2D eigenvalue weighted by atomic mass is 16.3. The minimum atomic E-state index is -0.336. The second-order valence-corrected chi connectivity index (χ2v) is 2.64. The topological polar surface area (TPSA) is 49.5 Å². The van der Waals surface area contributed by atoms with Crippen LogP contribution in [0, 0.1) is 0 Å². The number of hydrazine groups is 1. The summed E-state index contributed by atoms with van der Waals surface area (Å²) in [5.74, 6) is 5.49. The van der Waals surface area contributed by atoms with Crippen molar-refractivity contribution in [1.82, 2.24) is 5.01 Å². The van der Waals surface area contributed by atoms with E-state index >= 15 is 0 Å². The summed E-state index contributed by atoms with van der Waals surface area (Å²) in [5.41, 5.74) is 0. The molecule has 0 heterocycles. The monoisotopic (exact) mass is 132 g/mol. The van der Waals surface area contributed by atoms with Gasteiger partial charge in [0.15, 0.2) is 0 Å². The van der Waals surface area contributed by atoms with Gasteiger partial charge >= 0.3 is 0 Å². The lowest BCUT2D eigenvalue weighted by Gasteiger charge is -2.21. The van der Waals surface area contributed by atoms with Gasteiger partial charge < -0.3 is 5.11 Å². The van der Waals surface area contributed by atoms with Gasteiger partial charge in [0, 0.05) is 12.6 Å². The molecule has 0 amide bonds. The maximum absolute atomic E-state index is 8.85. The Morgan fingerprint density at radius 3 is 2.00 bits per heavy atom. The van der Waals surface area contributed by atoms with Gasteiger partial charge in [-0.3, -0.25) is 5.84 Å². The van der Waals surface area contributed by atoms with Gasteiger partial charge in [-0.25, -0.2) is 5.01 Å². The number of nitrogens with two attached hydrogens (primary N) is 1. The van der Waals surface area contributed by atoms with E-state index in [9.17, 15) is 0 Å². The molecule has 0 aromatic carbocycles. The second-order valence-electron chi connectivity index (χ2n) is 2.64. The second kappa shape index (κ2) is 3.82. The van der Waals surface area contributed by atoms with E-state index < -0.39 is 0 Å². The van der Waals surface area contributed by atoms with Crippen molar-refractivity contribution in [3.8, 4) is 0 Å². The molecule has 0 aromatic heterocycles. The van der Waals surface area contributed by atoms with Crippen LogP contribution in [0.4, 0.5) is 0 Å². The summed E-state index contributed by atoms with van der Waals surface area (Å²) in [7, 11) is 0. The third-order valence-corrected chi connectivity index (χ3v) is 1.14. The van der Waals surface area contributed by atoms with Crippen LogP contribution in [0.25, 0.3) is 0 Å². The average Bonchev–Trinajstić information content (AvgIpc) is 1.63. The molecule has 1 atom stereocenters. The molecule has 9 heavy (non-hydrogen) atoms. The van der Waals surface area contributed by atoms with Gasteiger partial charge in [-0.2, -0.15) is 0 Å². The van der Waals surface area contributed by atoms with Crippen molar-refractivity contribution < 1.29 is 5.11 Å². The molecule has 0 unspecified atom stereocenters. The van der Waals surface area contributed by atoms with Crippen LogP contribution in [0.3, 0.4) is 0 Å². The van der Waals surface area contributed by atoms with Crippen molar-refractivity contribution >= 4 is 0 Å². The summed E-state index contributed by atoms with van der Waals surface area (Å²) >= 11 is 0. The zero-order valence-corrected chi connectivity index (χ0v) is 6.33. The number of hydrogen-bond donors (Lipinski definition) is 2. The molecule has 3 N–H and O–H groups in total. The first kappa shape index (κ1) is 8.88. The third-order valence-electron chi connectivity index (χ3n) is 1.14. The Hall–Kier alpha value is -0.120. The molecule has 56 valence electrons. The Morgan fingerprint density at radius 2 is 1.89 bits per heavy atom. The summed E-state index contributed by atoms with van der Waals surface area (Å²) < 4.78 is 0. The van der Waals surface area contributed by atoms with E-state index in [1.54, 1.807) is 11.9 Å². The highest BCUT2D eigenvalue weighted by molar-refractivity contribution is 4.57. The van der Waals surface area contributed by atoms with Gasteiger partial charge in [-0.15, -0.1) is 0 Å². The molecular formula is C6H16N2O. The maximum Gasteiger partial charge on any atom is 0.0653 e. The van der Waals surface area contributed by atoms with Crippen LogP contribution in [-0.2, 0) is 0 Å². The Bertz CT molecular complexity index is 73.5. The maximum atomic E-state index is 8.85. The molecule has 0 fully saturated rings. The summed E-state index contributed by atoms with van der Waals surface area (Å²) in [6.45, 7) is 6.24. The Morgan fingerprint density at radius 1 is 1.44 bits per heavy atom. The van der Waals surface area contributed by atoms with Gasteiger partial charge in [0.1, 0.15) is 0 Å². The van der Waals surface area contributed by atoms with Crippen LogP contribution >= 0.6 is 0 Å². The van der Waals surface area contributed by atoms with Crippen molar-refractivity contribution in [1.29, 1.82) is 0 Å². The predicted molar refractivity (Wildman–Crippen MR) is 37.7 cm³/mol. The van der Waals surface area contributed by atoms with Gasteiger partial charge in [-0.1, -0.05) is 0 Å². The molecule has 0 aromatic rings. The predicted octanol–water partition coefficient (Wildman–Crippen LogP) is -0.0487. The van der Waals surface area contributed by atoms with E-state index in [-0.39, 0.29) is 6.10 Å². The standard InChI is InChI=1S/C6H16N2O/c1-5(2)8(7)4-6(3)9/h5-6,9H,4,7H2,1-3H3/t6-/m0/s1. The summed E-state index contributed by atoms with van der Waals surface area (Å²) in [4.78, 5) is 0. The van der Waals surface area contributed by atoms with Gasteiger partial charge in [0.05, 0.1) is 6.10 Å². The quantitative estimate of drug-likeness (QED) is 0.418. The highest BCUT2D eigenvalue weighted by Crippen LogP contribution is 1.91. The fourth-order valence-electron chi connectivity index (χ4n) is 0.516. The molecule has 0 aliphatic heterocycles. The van der Waals surface area contributed by atoms with Gasteiger partial charge in [-0.05, 0) is 20.8 Å². The third kappa shape index (κ3) is 4.39. The van der Waals surface area contributed by atoms with E-state index in [2.05, 4.69) is 0 Å². The Kier molecular flexibility index (Phi) is 3.77. The Labute approximate surface area is 56.4 Å². The van der Waals surface area contributed by atoms with Crippen molar-refractivity contribution in [2.75, 3.05) is 6.54 Å². The van der Waals surface area contributed by atoms with E-state index in [0.29, 0.717) is 12.6 Å². The van der Waals surface area contributed by atoms with Gasteiger partial charge in [0.25, 0.3) is 0 Å². The van der Waals surface area contributed by atoms with E-state index in [1.165, 1.54) is 0 Å². The first-order valence-electron chi connectivity index (χ1n) is 3.23. The molecule has 0 rings (SSSR count). The minimum Gasteiger partial charge on any atom is -0.392 e. The number of nitrogens with zero attached hydrogens (tertiary/aromatic N) is 1. The van der Waals surface area contributed by atoms with Crippen LogP contribution < -0.4 is 5.84 Å². The summed E-state index contributed by atoms with van der Waals surface area (Å²) in [6, 6.07) is 0.305. The SMILES string of the molecule is CC(C)N(N)C[C@H](C)O. The Balaban J connectivity index is 3.38. The first-order valence-corrected chi connectivity index (χ1v) is 3.23. The van der Waals surface area contributed by atoms with Crippen LogP contribution in [0.2, 0.25) is 0 Å². The van der Waals surface area contributed by atoms with Crippen LogP contribution in [0.1, 0.15) is 20.8 Å². The van der Waals surface area contributed by atoms with Crippen molar-refractivity contribution in [3.63, 3.8) is 0 Å². The normalized spacial score (nSPS) is 15.0. The lowest BCUT2D eigenvalue weighted by atomic mass is 10.3. The molecule has 0 spiro atoms. The van der Waals surface area contributed by atoms with Crippen molar-refractivity contribution in [2.45, 2.75) is 32.9 Å². The van der Waals surface area contributed by atoms with Crippen LogP contribution in [-0.4, -0.2) is 28.8 Å². The minimum absolute atomic E-state index is 0.305. The molecule has 3 nitrogen and oxygen atoms in total. The largest absolute Gasteiger partial charge is 0.392 e. The average molecular weight is 132 g/mol. The number of rotatable bonds is 3. The van der Waals surface area contributed by atoms with Crippen molar-refractivity contribution in [3.05, 3.63) is 0 Å². The van der Waals surface area contributed by atoms with Crippen LogP contribution in [0.5, 0.6) is 0 Å². The van der Waals surface area contributed by atoms with Crippen LogP contribution in [0.15, 0.2) is 0 Å². The van der Waals surface area contributed by atoms with E-state index in [1.807, 2.05) is 13.8 Å². The van der Waals surface area contributed by atoms with E-state index in [4.69, 9.17) is 10.9 Å². The fraction of sp³-hybridized carbons (Fsp3) is 1.00. The molecule has 0 radical (unpaired) electrons. The molecule has 0 bridgehead atoms. The number of aliphatic hydroxyl groups excluding tert-OH is 1. The molecule has 3 heteroatoms. The molecule has 0 saturated carbocycles. The lowest BCUT2D eigenvalue weighted by Crippen LogP contribution is -2.41. The first-order chi connectivity index (χ1) is 4.04. The lowest BCUT2D eigenvalue weighted by molar-refractivity contribution is 0.108. The van der Waals surface area contributed by atoms with Crippen molar-refractivity contribution in [2.24, 2.45) is 5.84 Å². The summed E-state index contributed by atoms with van der Waals surface area (Å²) in [5, 5.41) is 10.5. The molecule has 0 aliphatic rings. The van der Waals surface area contributed by atoms with E-state index in [0.717, 1.165) is 0 Å². The molecule has 0 saturated heterocycles. The highest BCUT2D eigenvalue weighted by Gasteiger charge is 2.05. The molecule has 0 aliphatic carbocycles. The summed E-state index contributed by atoms with van der Waals surface area (Å²) in [6.07, 6.45) is -0.336. The zero-order valence-electron chi connectivity index (χ0n) is 6.33. The zero-order chi connectivity index (χ0) is 7.44. The smallest absolute Gasteiger partial charge is 0.0653 e. The number of aliphatic hydroxyl groups is 1.